The summed E-state index contributed by atoms with van der Waals surface area (Å²) in [6.45, 7) is 4.84. The van der Waals surface area contributed by atoms with E-state index in [1.165, 1.54) is 6.07 Å². The first kappa shape index (κ1) is 20.8. The zero-order valence-corrected chi connectivity index (χ0v) is 17.6. The van der Waals surface area contributed by atoms with Gasteiger partial charge in [0.05, 0.1) is 6.04 Å². The van der Waals surface area contributed by atoms with Gasteiger partial charge in [-0.3, -0.25) is 4.79 Å². The summed E-state index contributed by atoms with van der Waals surface area (Å²) in [5.74, 6) is 1.60. The Bertz CT molecular complexity index is 1150. The number of nitrogens with one attached hydrogen (secondary N) is 1. The van der Waals surface area contributed by atoms with Crippen LogP contribution in [-0.2, 0) is 11.2 Å². The van der Waals surface area contributed by atoms with Crippen molar-refractivity contribution in [2.45, 2.75) is 32.7 Å². The standard InChI is InChI=1S/C24H25NO6/c1-3-4-17-12-24(27)31-21-13-18(6-7-19(17)21)30-14-23(26)25-15(2)16-5-8-20-22(11-16)29-10-9-28-20/h5-8,11-13,15H,3-4,9-10,14H2,1-2H3,(H,25,26)/t15-/m0/s1. The maximum atomic E-state index is 12.4. The average molecular weight is 423 g/mol. The number of ether oxygens (including phenoxy) is 3. The minimum atomic E-state index is -0.390. The summed E-state index contributed by atoms with van der Waals surface area (Å²) in [5, 5.41) is 3.79. The van der Waals surface area contributed by atoms with Gasteiger partial charge in [-0.25, -0.2) is 4.79 Å². The van der Waals surface area contributed by atoms with Gasteiger partial charge in [0.15, 0.2) is 18.1 Å². The van der Waals surface area contributed by atoms with Crippen LogP contribution in [0, 0.1) is 0 Å². The van der Waals surface area contributed by atoms with Crippen molar-refractivity contribution in [1.29, 1.82) is 0 Å². The van der Waals surface area contributed by atoms with E-state index >= 15 is 0 Å². The van der Waals surface area contributed by atoms with Crippen LogP contribution in [0.1, 0.15) is 37.4 Å². The summed E-state index contributed by atoms with van der Waals surface area (Å²) < 4.78 is 22.1. The molecule has 1 N–H and O–H groups in total. The van der Waals surface area contributed by atoms with Crippen LogP contribution in [0.15, 0.2) is 51.7 Å². The number of fused-ring (bicyclic) bond motifs is 2. The molecule has 2 heterocycles. The van der Waals surface area contributed by atoms with E-state index in [0.29, 0.717) is 36.0 Å². The van der Waals surface area contributed by atoms with Crippen molar-refractivity contribution in [1.82, 2.24) is 5.32 Å². The van der Waals surface area contributed by atoms with E-state index < -0.39 is 0 Å². The van der Waals surface area contributed by atoms with Crippen molar-refractivity contribution in [3.05, 3.63) is 64.0 Å². The lowest BCUT2D eigenvalue weighted by molar-refractivity contribution is -0.123. The van der Waals surface area contributed by atoms with Crippen LogP contribution < -0.4 is 25.2 Å². The van der Waals surface area contributed by atoms with Gasteiger partial charge in [0.2, 0.25) is 0 Å². The lowest BCUT2D eigenvalue weighted by atomic mass is 10.1. The van der Waals surface area contributed by atoms with E-state index in [1.54, 1.807) is 12.1 Å². The number of aryl methyl sites for hydroxylation is 1. The minimum Gasteiger partial charge on any atom is -0.486 e. The molecule has 1 aliphatic heterocycles. The fraction of sp³-hybridized carbons (Fsp3) is 0.333. The second kappa shape index (κ2) is 9.12. The van der Waals surface area contributed by atoms with Crippen molar-refractivity contribution in [2.24, 2.45) is 0 Å². The Hall–Kier alpha value is -3.48. The smallest absolute Gasteiger partial charge is 0.336 e. The molecule has 0 unspecified atom stereocenters. The first-order chi connectivity index (χ1) is 15.0. The molecule has 0 fully saturated rings. The molecule has 0 saturated carbocycles. The third-order valence-corrected chi connectivity index (χ3v) is 5.13. The second-order valence-corrected chi connectivity index (χ2v) is 7.48. The highest BCUT2D eigenvalue weighted by molar-refractivity contribution is 5.82. The highest BCUT2D eigenvalue weighted by atomic mass is 16.6. The van der Waals surface area contributed by atoms with E-state index in [9.17, 15) is 9.59 Å². The van der Waals surface area contributed by atoms with Crippen LogP contribution in [0.4, 0.5) is 0 Å². The monoisotopic (exact) mass is 423 g/mol. The van der Waals surface area contributed by atoms with Gasteiger partial charge in [-0.2, -0.15) is 0 Å². The molecule has 1 atom stereocenters. The second-order valence-electron chi connectivity index (χ2n) is 7.48. The molecule has 0 saturated heterocycles. The van der Waals surface area contributed by atoms with Gasteiger partial charge >= 0.3 is 5.63 Å². The number of amides is 1. The average Bonchev–Trinajstić information content (AvgIpc) is 2.77. The summed E-state index contributed by atoms with van der Waals surface area (Å²) in [7, 11) is 0. The van der Waals surface area contributed by atoms with Crippen LogP contribution in [0.5, 0.6) is 17.2 Å². The van der Waals surface area contributed by atoms with Gasteiger partial charge in [0.1, 0.15) is 24.5 Å². The highest BCUT2D eigenvalue weighted by Gasteiger charge is 2.16. The van der Waals surface area contributed by atoms with Gasteiger partial charge in [-0.1, -0.05) is 19.4 Å². The molecule has 4 rings (SSSR count). The van der Waals surface area contributed by atoms with Crippen LogP contribution in [-0.4, -0.2) is 25.7 Å². The predicted octanol–water partition coefficient (Wildman–Crippen LogP) is 3.77. The maximum Gasteiger partial charge on any atom is 0.336 e. The van der Waals surface area contributed by atoms with E-state index in [1.807, 2.05) is 31.2 Å². The number of hydrogen-bond donors (Lipinski definition) is 1. The van der Waals surface area contributed by atoms with Crippen molar-refractivity contribution in [3.63, 3.8) is 0 Å². The normalized spacial score (nSPS) is 13.6. The zero-order chi connectivity index (χ0) is 21.8. The lowest BCUT2D eigenvalue weighted by Crippen LogP contribution is -2.31. The lowest BCUT2D eigenvalue weighted by Gasteiger charge is -2.21. The molecular formula is C24H25NO6. The molecule has 7 nitrogen and oxygen atoms in total. The maximum absolute atomic E-state index is 12.4. The topological polar surface area (TPSA) is 87.0 Å². The Morgan fingerprint density at radius 3 is 2.71 bits per heavy atom. The molecular weight excluding hydrogens is 398 g/mol. The Balaban J connectivity index is 1.39. The number of benzene rings is 2. The van der Waals surface area contributed by atoms with E-state index in [2.05, 4.69) is 12.2 Å². The largest absolute Gasteiger partial charge is 0.486 e. The van der Waals surface area contributed by atoms with Crippen LogP contribution in [0.2, 0.25) is 0 Å². The first-order valence-corrected chi connectivity index (χ1v) is 10.4. The molecule has 3 aromatic rings. The van der Waals surface area contributed by atoms with Crippen molar-refractivity contribution < 1.29 is 23.4 Å². The molecule has 1 aromatic heterocycles. The van der Waals surface area contributed by atoms with E-state index in [0.717, 1.165) is 29.4 Å². The summed E-state index contributed by atoms with van der Waals surface area (Å²) in [6.07, 6.45) is 1.72. The Kier molecular flexibility index (Phi) is 6.11. The van der Waals surface area contributed by atoms with Crippen molar-refractivity contribution in [3.8, 4) is 17.2 Å². The van der Waals surface area contributed by atoms with Crippen LogP contribution in [0.3, 0.4) is 0 Å². The predicted molar refractivity (Wildman–Crippen MR) is 116 cm³/mol. The summed E-state index contributed by atoms with van der Waals surface area (Å²) in [4.78, 5) is 24.2. The SMILES string of the molecule is CCCc1cc(=O)oc2cc(OCC(=O)N[C@@H](C)c3ccc4c(c3)OCCO4)ccc12. The zero-order valence-electron chi connectivity index (χ0n) is 17.6. The van der Waals surface area contributed by atoms with Gasteiger partial charge < -0.3 is 23.9 Å². The Morgan fingerprint density at radius 1 is 1.10 bits per heavy atom. The van der Waals surface area contributed by atoms with Gasteiger partial charge in [0.25, 0.3) is 5.91 Å². The van der Waals surface area contributed by atoms with Crippen LogP contribution in [0.25, 0.3) is 11.0 Å². The first-order valence-electron chi connectivity index (χ1n) is 10.4. The molecule has 7 heteroatoms. The molecule has 1 amide bonds. The molecule has 0 radical (unpaired) electrons. The molecule has 31 heavy (non-hydrogen) atoms. The summed E-state index contributed by atoms with van der Waals surface area (Å²) >= 11 is 0. The molecule has 0 aliphatic carbocycles. The van der Waals surface area contributed by atoms with Crippen molar-refractivity contribution >= 4 is 16.9 Å². The molecule has 2 aromatic carbocycles. The van der Waals surface area contributed by atoms with Gasteiger partial charge in [-0.05, 0) is 48.7 Å². The van der Waals surface area contributed by atoms with Crippen LogP contribution >= 0.6 is 0 Å². The number of hydrogen-bond acceptors (Lipinski definition) is 6. The summed E-state index contributed by atoms with van der Waals surface area (Å²) in [5.41, 5.74) is 1.93. The summed E-state index contributed by atoms with van der Waals surface area (Å²) in [6, 6.07) is 12.2. The minimum absolute atomic E-state index is 0.153. The number of rotatable bonds is 7. The van der Waals surface area contributed by atoms with Gasteiger partial charge in [-0.15, -0.1) is 0 Å². The number of carbonyl (C=O) groups excluding carboxylic acids is 1. The van der Waals surface area contributed by atoms with Gasteiger partial charge in [0, 0.05) is 17.5 Å². The van der Waals surface area contributed by atoms with E-state index in [-0.39, 0.29) is 24.2 Å². The third kappa shape index (κ3) is 4.82. The Morgan fingerprint density at radius 2 is 1.90 bits per heavy atom. The molecule has 1 aliphatic rings. The number of carbonyl (C=O) groups is 1. The molecule has 162 valence electrons. The Labute approximate surface area is 179 Å². The fourth-order valence-electron chi connectivity index (χ4n) is 3.62. The molecule has 0 spiro atoms. The molecule has 0 bridgehead atoms. The quantitative estimate of drug-likeness (QED) is 0.582. The van der Waals surface area contributed by atoms with E-state index in [4.69, 9.17) is 18.6 Å². The van der Waals surface area contributed by atoms with Crippen molar-refractivity contribution in [2.75, 3.05) is 19.8 Å². The third-order valence-electron chi connectivity index (χ3n) is 5.13. The fourth-order valence-corrected chi connectivity index (χ4v) is 3.62. The highest BCUT2D eigenvalue weighted by Crippen LogP contribution is 2.32.